The zero-order chi connectivity index (χ0) is 23.1. The fraction of sp³-hybridized carbons (Fsp3) is 0.259. The zero-order valence-electron chi connectivity index (χ0n) is 19.0. The van der Waals surface area contributed by atoms with Crippen LogP contribution in [0, 0.1) is 13.8 Å². The van der Waals surface area contributed by atoms with Gasteiger partial charge in [-0.2, -0.15) is 0 Å². The molecular formula is C27H30N2O3. The van der Waals surface area contributed by atoms with E-state index in [2.05, 4.69) is 16.7 Å². The summed E-state index contributed by atoms with van der Waals surface area (Å²) in [4.78, 5) is 25.9. The lowest BCUT2D eigenvalue weighted by Crippen LogP contribution is -2.34. The Morgan fingerprint density at radius 3 is 2.19 bits per heavy atom. The molecule has 0 heterocycles. The molecule has 2 atom stereocenters. The highest BCUT2D eigenvalue weighted by Crippen LogP contribution is 2.21. The Morgan fingerprint density at radius 2 is 1.53 bits per heavy atom. The first-order valence-electron chi connectivity index (χ1n) is 10.9. The second-order valence-electron chi connectivity index (χ2n) is 7.98. The van der Waals surface area contributed by atoms with Crippen molar-refractivity contribution in [3.63, 3.8) is 0 Å². The molecule has 0 aliphatic rings. The van der Waals surface area contributed by atoms with Crippen molar-refractivity contribution in [3.05, 3.63) is 95.1 Å². The largest absolute Gasteiger partial charge is 0.481 e. The Labute approximate surface area is 189 Å². The average molecular weight is 431 g/mol. The van der Waals surface area contributed by atoms with Gasteiger partial charge in [-0.1, -0.05) is 55.5 Å². The van der Waals surface area contributed by atoms with E-state index in [9.17, 15) is 9.59 Å². The van der Waals surface area contributed by atoms with Crippen LogP contribution in [0.25, 0.3) is 0 Å². The number of anilines is 1. The zero-order valence-corrected chi connectivity index (χ0v) is 19.0. The number of nitrogens with one attached hydrogen (secondary N) is 2. The van der Waals surface area contributed by atoms with Crippen molar-refractivity contribution in [2.45, 2.75) is 46.3 Å². The van der Waals surface area contributed by atoms with Crippen molar-refractivity contribution in [2.75, 3.05) is 5.32 Å². The maximum absolute atomic E-state index is 13.0. The first-order chi connectivity index (χ1) is 15.4. The van der Waals surface area contributed by atoms with Gasteiger partial charge in [0.2, 0.25) is 0 Å². The summed E-state index contributed by atoms with van der Waals surface area (Å²) < 4.78 is 5.97. The van der Waals surface area contributed by atoms with Crippen molar-refractivity contribution in [1.82, 2.24) is 5.32 Å². The molecule has 166 valence electrons. The van der Waals surface area contributed by atoms with Crippen molar-refractivity contribution in [3.8, 4) is 5.75 Å². The molecule has 3 aromatic carbocycles. The van der Waals surface area contributed by atoms with Gasteiger partial charge in [-0.15, -0.1) is 0 Å². The smallest absolute Gasteiger partial charge is 0.265 e. The molecule has 0 fully saturated rings. The number of benzene rings is 3. The summed E-state index contributed by atoms with van der Waals surface area (Å²) in [5.41, 5.74) is 4.02. The van der Waals surface area contributed by atoms with Crippen LogP contribution < -0.4 is 15.4 Å². The second kappa shape index (κ2) is 10.6. The number of hydrogen-bond donors (Lipinski definition) is 2. The molecule has 0 bridgehead atoms. The van der Waals surface area contributed by atoms with E-state index in [-0.39, 0.29) is 17.9 Å². The molecule has 0 saturated carbocycles. The van der Waals surface area contributed by atoms with Gasteiger partial charge < -0.3 is 15.4 Å². The van der Waals surface area contributed by atoms with Gasteiger partial charge in [-0.25, -0.2) is 0 Å². The third-order valence-electron chi connectivity index (χ3n) is 5.21. The maximum atomic E-state index is 13.0. The van der Waals surface area contributed by atoms with Gasteiger partial charge in [-0.05, 0) is 68.1 Å². The van der Waals surface area contributed by atoms with Gasteiger partial charge in [0.25, 0.3) is 11.8 Å². The SMILES string of the molecule is CC[C@H](Oc1cc(C)cc(C)c1)C(=O)Nc1ccccc1C(=O)N[C@H](C)c1ccccc1. The summed E-state index contributed by atoms with van der Waals surface area (Å²) in [6, 6.07) is 22.5. The van der Waals surface area contributed by atoms with Crippen LogP contribution in [0.1, 0.15) is 53.4 Å². The summed E-state index contributed by atoms with van der Waals surface area (Å²) >= 11 is 0. The van der Waals surface area contributed by atoms with Crippen LogP contribution in [0.3, 0.4) is 0 Å². The van der Waals surface area contributed by atoms with E-state index in [1.807, 2.05) is 70.2 Å². The third-order valence-corrected chi connectivity index (χ3v) is 5.21. The van der Waals surface area contributed by atoms with E-state index in [1.165, 1.54) is 0 Å². The van der Waals surface area contributed by atoms with Crippen LogP contribution in [0.4, 0.5) is 5.69 Å². The number of rotatable bonds is 8. The van der Waals surface area contributed by atoms with Crippen molar-refractivity contribution in [1.29, 1.82) is 0 Å². The fourth-order valence-corrected chi connectivity index (χ4v) is 3.59. The highest BCUT2D eigenvalue weighted by atomic mass is 16.5. The molecule has 0 saturated heterocycles. The minimum absolute atomic E-state index is 0.163. The summed E-state index contributed by atoms with van der Waals surface area (Å²) in [5.74, 6) is 0.121. The Hall–Kier alpha value is -3.60. The van der Waals surface area contributed by atoms with Gasteiger partial charge in [0.1, 0.15) is 5.75 Å². The van der Waals surface area contributed by atoms with Crippen LogP contribution in [0.15, 0.2) is 72.8 Å². The third kappa shape index (κ3) is 5.97. The summed E-state index contributed by atoms with van der Waals surface area (Å²) in [7, 11) is 0. The van der Waals surface area contributed by atoms with Gasteiger partial charge in [0.15, 0.2) is 6.10 Å². The summed E-state index contributed by atoms with van der Waals surface area (Å²) in [6.07, 6.45) is -0.173. The van der Waals surface area contributed by atoms with Gasteiger partial charge in [0.05, 0.1) is 17.3 Å². The number of amides is 2. The van der Waals surface area contributed by atoms with E-state index < -0.39 is 6.10 Å². The standard InChI is InChI=1S/C27H30N2O3/c1-5-25(32-22-16-18(2)15-19(3)17-22)27(31)29-24-14-10-9-13-23(24)26(30)28-20(4)21-11-7-6-8-12-21/h6-17,20,25H,5H2,1-4H3,(H,28,30)(H,29,31)/t20-,25+/m1/s1. The second-order valence-corrected chi connectivity index (χ2v) is 7.98. The molecule has 5 nitrogen and oxygen atoms in total. The van der Waals surface area contributed by atoms with E-state index in [1.54, 1.807) is 24.3 Å². The van der Waals surface area contributed by atoms with E-state index in [0.29, 0.717) is 23.4 Å². The number of para-hydroxylation sites is 1. The number of ether oxygens (including phenoxy) is 1. The normalized spacial score (nSPS) is 12.5. The lowest BCUT2D eigenvalue weighted by Gasteiger charge is -2.20. The minimum Gasteiger partial charge on any atom is -0.481 e. The van der Waals surface area contributed by atoms with E-state index in [0.717, 1.165) is 16.7 Å². The first kappa shape index (κ1) is 23.1. The van der Waals surface area contributed by atoms with Gasteiger partial charge in [-0.3, -0.25) is 9.59 Å². The van der Waals surface area contributed by atoms with Crippen LogP contribution in [-0.4, -0.2) is 17.9 Å². The Kier molecular flexibility index (Phi) is 7.66. The highest BCUT2D eigenvalue weighted by molar-refractivity contribution is 6.04. The minimum atomic E-state index is -0.671. The number of carbonyl (C=O) groups excluding carboxylic acids is 2. The Balaban J connectivity index is 1.72. The highest BCUT2D eigenvalue weighted by Gasteiger charge is 2.22. The maximum Gasteiger partial charge on any atom is 0.265 e. The molecule has 2 N–H and O–H groups in total. The van der Waals surface area contributed by atoms with Crippen molar-refractivity contribution in [2.24, 2.45) is 0 Å². The number of hydrogen-bond acceptors (Lipinski definition) is 3. The molecular weight excluding hydrogens is 400 g/mol. The molecule has 0 spiro atoms. The van der Waals surface area contributed by atoms with Crippen LogP contribution in [0.5, 0.6) is 5.75 Å². The molecule has 0 unspecified atom stereocenters. The Bertz CT molecular complexity index is 1060. The summed E-state index contributed by atoms with van der Waals surface area (Å²) in [5, 5.41) is 5.88. The van der Waals surface area contributed by atoms with Crippen LogP contribution >= 0.6 is 0 Å². The lowest BCUT2D eigenvalue weighted by molar-refractivity contribution is -0.122. The molecule has 0 aliphatic carbocycles. The quantitative estimate of drug-likeness (QED) is 0.489. The van der Waals surface area contributed by atoms with Crippen molar-refractivity contribution < 1.29 is 14.3 Å². The molecule has 32 heavy (non-hydrogen) atoms. The molecule has 3 rings (SSSR count). The van der Waals surface area contributed by atoms with Gasteiger partial charge in [0, 0.05) is 0 Å². The predicted octanol–water partition coefficient (Wildman–Crippen LogP) is 5.59. The Morgan fingerprint density at radius 1 is 0.906 bits per heavy atom. The predicted molar refractivity (Wildman–Crippen MR) is 128 cm³/mol. The number of carbonyl (C=O) groups is 2. The molecule has 0 aliphatic heterocycles. The molecule has 3 aromatic rings. The topological polar surface area (TPSA) is 67.4 Å². The molecule has 2 amide bonds. The molecule has 5 heteroatoms. The lowest BCUT2D eigenvalue weighted by atomic mass is 10.1. The van der Waals surface area contributed by atoms with Gasteiger partial charge >= 0.3 is 0 Å². The molecule has 0 radical (unpaired) electrons. The average Bonchev–Trinajstić information content (AvgIpc) is 2.77. The first-order valence-corrected chi connectivity index (χ1v) is 10.9. The fourth-order valence-electron chi connectivity index (χ4n) is 3.59. The monoisotopic (exact) mass is 430 g/mol. The number of aryl methyl sites for hydroxylation is 2. The summed E-state index contributed by atoms with van der Waals surface area (Å²) in [6.45, 7) is 7.81. The van der Waals surface area contributed by atoms with Crippen LogP contribution in [0.2, 0.25) is 0 Å². The molecule has 0 aromatic heterocycles. The van der Waals surface area contributed by atoms with E-state index >= 15 is 0 Å². The van der Waals surface area contributed by atoms with E-state index in [4.69, 9.17) is 4.74 Å². The van der Waals surface area contributed by atoms with Crippen molar-refractivity contribution >= 4 is 17.5 Å². The van der Waals surface area contributed by atoms with Crippen LogP contribution in [-0.2, 0) is 4.79 Å².